The van der Waals surface area contributed by atoms with Gasteiger partial charge in [0.1, 0.15) is 0 Å². The number of hydrogen-bond donors (Lipinski definition) is 2. The second-order valence-corrected chi connectivity index (χ2v) is 6.23. The van der Waals surface area contributed by atoms with E-state index in [9.17, 15) is 4.79 Å². The maximum absolute atomic E-state index is 12.0. The summed E-state index contributed by atoms with van der Waals surface area (Å²) in [6, 6.07) is 2.12. The molecule has 0 saturated heterocycles. The zero-order valence-electron chi connectivity index (χ0n) is 11.0. The van der Waals surface area contributed by atoms with E-state index >= 15 is 0 Å². The van der Waals surface area contributed by atoms with Crippen molar-refractivity contribution in [3.05, 3.63) is 21.9 Å². The maximum Gasteiger partial charge on any atom is 0.223 e. The normalized spacial score (nSPS) is 23.7. The van der Waals surface area contributed by atoms with Gasteiger partial charge >= 0.3 is 0 Å². The molecule has 1 heterocycles. The molecule has 4 heteroatoms. The molecule has 3 unspecified atom stereocenters. The molecule has 0 aliphatic heterocycles. The van der Waals surface area contributed by atoms with Gasteiger partial charge in [0.25, 0.3) is 0 Å². The van der Waals surface area contributed by atoms with E-state index in [1.807, 2.05) is 6.92 Å². The van der Waals surface area contributed by atoms with Gasteiger partial charge in [-0.05, 0) is 42.7 Å². The third kappa shape index (κ3) is 3.12. The summed E-state index contributed by atoms with van der Waals surface area (Å²) in [5, 5.41) is 13.9. The van der Waals surface area contributed by atoms with Crippen molar-refractivity contribution in [2.75, 3.05) is 13.2 Å². The molecule has 1 saturated carbocycles. The summed E-state index contributed by atoms with van der Waals surface area (Å²) in [7, 11) is 0. The summed E-state index contributed by atoms with van der Waals surface area (Å²) in [6.07, 6.45) is 1.74. The molecule has 0 bridgehead atoms. The van der Waals surface area contributed by atoms with Crippen molar-refractivity contribution in [2.45, 2.75) is 32.6 Å². The Labute approximate surface area is 112 Å². The Morgan fingerprint density at radius 1 is 1.67 bits per heavy atom. The van der Waals surface area contributed by atoms with Gasteiger partial charge in [0, 0.05) is 29.9 Å². The molecule has 1 aromatic rings. The molecule has 3 atom stereocenters. The van der Waals surface area contributed by atoms with E-state index in [0.29, 0.717) is 18.4 Å². The van der Waals surface area contributed by atoms with E-state index in [2.05, 4.69) is 23.7 Å². The molecule has 1 amide bonds. The van der Waals surface area contributed by atoms with Crippen LogP contribution in [0.2, 0.25) is 0 Å². The first kappa shape index (κ1) is 13.6. The Morgan fingerprint density at radius 2 is 2.44 bits per heavy atom. The van der Waals surface area contributed by atoms with Gasteiger partial charge in [0.15, 0.2) is 0 Å². The molecule has 100 valence electrons. The van der Waals surface area contributed by atoms with E-state index in [1.165, 1.54) is 10.4 Å². The number of rotatable bonds is 6. The number of aliphatic hydroxyl groups excluding tert-OH is 1. The summed E-state index contributed by atoms with van der Waals surface area (Å²) in [4.78, 5) is 13.3. The number of carbonyl (C=O) groups is 1. The summed E-state index contributed by atoms with van der Waals surface area (Å²) in [6.45, 7) is 5.02. The van der Waals surface area contributed by atoms with Gasteiger partial charge in [-0.15, -0.1) is 11.3 Å². The smallest absolute Gasteiger partial charge is 0.223 e. The van der Waals surface area contributed by atoms with Crippen LogP contribution >= 0.6 is 11.3 Å². The van der Waals surface area contributed by atoms with E-state index in [1.54, 1.807) is 11.3 Å². The van der Waals surface area contributed by atoms with Crippen LogP contribution < -0.4 is 5.32 Å². The third-order valence-electron chi connectivity index (χ3n) is 3.61. The summed E-state index contributed by atoms with van der Waals surface area (Å²) >= 11 is 1.76. The summed E-state index contributed by atoms with van der Waals surface area (Å²) in [5.41, 5.74) is 1.31. The lowest BCUT2D eigenvalue weighted by molar-refractivity contribution is -0.122. The number of thiophene rings is 1. The highest BCUT2D eigenvalue weighted by Gasteiger charge is 2.45. The molecule has 1 aromatic heterocycles. The van der Waals surface area contributed by atoms with Crippen molar-refractivity contribution in [1.29, 1.82) is 0 Å². The second kappa shape index (κ2) is 5.85. The number of carbonyl (C=O) groups excluding carboxylic acids is 1. The van der Waals surface area contributed by atoms with Crippen LogP contribution in [0.25, 0.3) is 0 Å². The first-order chi connectivity index (χ1) is 8.63. The van der Waals surface area contributed by atoms with Gasteiger partial charge < -0.3 is 10.4 Å². The van der Waals surface area contributed by atoms with Crippen LogP contribution in [0, 0.1) is 18.8 Å². The Kier molecular flexibility index (Phi) is 4.40. The second-order valence-electron chi connectivity index (χ2n) is 5.28. The number of aliphatic hydroxyl groups is 1. The van der Waals surface area contributed by atoms with Gasteiger partial charge in [-0.25, -0.2) is 0 Å². The molecule has 1 aliphatic rings. The third-order valence-corrected chi connectivity index (χ3v) is 4.76. The lowest BCUT2D eigenvalue weighted by Crippen LogP contribution is -2.30. The van der Waals surface area contributed by atoms with Crippen molar-refractivity contribution in [2.24, 2.45) is 11.8 Å². The largest absolute Gasteiger partial charge is 0.396 e. The molecule has 2 N–H and O–H groups in total. The molecule has 18 heavy (non-hydrogen) atoms. The Hall–Kier alpha value is -0.870. The molecule has 1 aliphatic carbocycles. The molecule has 2 rings (SSSR count). The maximum atomic E-state index is 12.0. The topological polar surface area (TPSA) is 49.3 Å². The molecule has 1 fully saturated rings. The Morgan fingerprint density at radius 3 is 3.06 bits per heavy atom. The molecule has 0 radical (unpaired) electrons. The van der Waals surface area contributed by atoms with E-state index < -0.39 is 0 Å². The van der Waals surface area contributed by atoms with Crippen LogP contribution in [-0.4, -0.2) is 24.2 Å². The van der Waals surface area contributed by atoms with E-state index in [4.69, 9.17) is 5.11 Å². The average molecular weight is 267 g/mol. The first-order valence-electron chi connectivity index (χ1n) is 6.56. The molecule has 3 nitrogen and oxygen atoms in total. The van der Waals surface area contributed by atoms with Crippen molar-refractivity contribution in [3.63, 3.8) is 0 Å². The monoisotopic (exact) mass is 267 g/mol. The molecular formula is C14H21NO2S. The van der Waals surface area contributed by atoms with E-state index in [-0.39, 0.29) is 18.4 Å². The average Bonchev–Trinajstić information content (AvgIpc) is 3.02. The Bertz CT molecular complexity index is 416. The SMILES string of the molecule is Cc1ccsc1C1CC1C(=O)NCC(C)CCO. The van der Waals surface area contributed by atoms with Crippen molar-refractivity contribution in [3.8, 4) is 0 Å². The Balaban J connectivity index is 1.78. The van der Waals surface area contributed by atoms with Crippen molar-refractivity contribution in [1.82, 2.24) is 5.32 Å². The highest BCUT2D eigenvalue weighted by atomic mass is 32.1. The van der Waals surface area contributed by atoms with Crippen LogP contribution in [0.4, 0.5) is 0 Å². The van der Waals surface area contributed by atoms with Gasteiger partial charge in [-0.3, -0.25) is 4.79 Å². The van der Waals surface area contributed by atoms with Crippen LogP contribution in [0.5, 0.6) is 0 Å². The standard InChI is InChI=1S/C14H21NO2S/c1-9(3-5-16)8-15-14(17)12-7-11(12)13-10(2)4-6-18-13/h4,6,9,11-12,16H,3,5,7-8H2,1-2H3,(H,15,17). The molecule has 0 spiro atoms. The number of hydrogen-bond acceptors (Lipinski definition) is 3. The minimum Gasteiger partial charge on any atom is -0.396 e. The minimum atomic E-state index is 0.170. The molecule has 0 aromatic carbocycles. The van der Waals surface area contributed by atoms with Crippen LogP contribution in [0.1, 0.15) is 36.1 Å². The number of amides is 1. The number of aryl methyl sites for hydroxylation is 1. The summed E-state index contributed by atoms with van der Waals surface area (Å²) in [5.74, 6) is 1.14. The highest BCUT2D eigenvalue weighted by molar-refractivity contribution is 7.10. The summed E-state index contributed by atoms with van der Waals surface area (Å²) < 4.78 is 0. The lowest BCUT2D eigenvalue weighted by atomic mass is 10.1. The van der Waals surface area contributed by atoms with Gasteiger partial charge in [0.05, 0.1) is 0 Å². The minimum absolute atomic E-state index is 0.170. The predicted octanol–water partition coefficient (Wildman–Crippen LogP) is 2.29. The van der Waals surface area contributed by atoms with Crippen molar-refractivity contribution < 1.29 is 9.90 Å². The zero-order chi connectivity index (χ0) is 13.1. The highest BCUT2D eigenvalue weighted by Crippen LogP contribution is 2.50. The van der Waals surface area contributed by atoms with Gasteiger partial charge in [-0.2, -0.15) is 0 Å². The fourth-order valence-electron chi connectivity index (χ4n) is 2.27. The van der Waals surface area contributed by atoms with Crippen LogP contribution in [0.15, 0.2) is 11.4 Å². The zero-order valence-corrected chi connectivity index (χ0v) is 11.8. The first-order valence-corrected chi connectivity index (χ1v) is 7.44. The predicted molar refractivity (Wildman–Crippen MR) is 73.8 cm³/mol. The fourth-order valence-corrected chi connectivity index (χ4v) is 3.38. The van der Waals surface area contributed by atoms with Crippen LogP contribution in [-0.2, 0) is 4.79 Å². The van der Waals surface area contributed by atoms with E-state index in [0.717, 1.165) is 12.8 Å². The molecular weight excluding hydrogens is 246 g/mol. The lowest BCUT2D eigenvalue weighted by Gasteiger charge is -2.10. The van der Waals surface area contributed by atoms with Gasteiger partial charge in [-0.1, -0.05) is 6.92 Å². The quantitative estimate of drug-likeness (QED) is 0.831. The fraction of sp³-hybridized carbons (Fsp3) is 0.643. The van der Waals surface area contributed by atoms with Crippen molar-refractivity contribution >= 4 is 17.2 Å². The van der Waals surface area contributed by atoms with Gasteiger partial charge in [0.2, 0.25) is 5.91 Å². The van der Waals surface area contributed by atoms with Crippen LogP contribution in [0.3, 0.4) is 0 Å². The number of nitrogens with one attached hydrogen (secondary N) is 1.